The zero-order valence-electron chi connectivity index (χ0n) is 8.34. The molecule has 0 aliphatic heterocycles. The number of para-hydroxylation sites is 2. The summed E-state index contributed by atoms with van der Waals surface area (Å²) in [5.41, 5.74) is 7.07. The Kier molecular flexibility index (Phi) is 2.49. The number of benzene rings is 1. The summed E-state index contributed by atoms with van der Waals surface area (Å²) < 4.78 is 5.54. The van der Waals surface area contributed by atoms with E-state index in [1.165, 1.54) is 0 Å². The van der Waals surface area contributed by atoms with Crippen molar-refractivity contribution in [2.45, 2.75) is 6.92 Å². The Morgan fingerprint density at radius 3 is 2.60 bits per heavy atom. The van der Waals surface area contributed by atoms with Crippen LogP contribution in [0, 0.1) is 6.92 Å². The largest absolute Gasteiger partial charge is 0.435 e. The first-order valence-corrected chi connectivity index (χ1v) is 4.57. The van der Waals surface area contributed by atoms with Gasteiger partial charge in [-0.3, -0.25) is 4.98 Å². The molecule has 4 nitrogen and oxygen atoms in total. The normalized spacial score (nSPS) is 9.93. The lowest BCUT2D eigenvalue weighted by Gasteiger charge is -2.07. The molecule has 0 fully saturated rings. The molecular formula is C11H11N3O. The monoisotopic (exact) mass is 201 g/mol. The van der Waals surface area contributed by atoms with Crippen molar-refractivity contribution in [1.29, 1.82) is 0 Å². The SMILES string of the molecule is Cc1nccnc1Oc1ccccc1N. The summed E-state index contributed by atoms with van der Waals surface area (Å²) in [6.07, 6.45) is 3.21. The minimum atomic E-state index is 0.482. The van der Waals surface area contributed by atoms with E-state index >= 15 is 0 Å². The van der Waals surface area contributed by atoms with E-state index < -0.39 is 0 Å². The van der Waals surface area contributed by atoms with Crippen molar-refractivity contribution < 1.29 is 4.74 Å². The van der Waals surface area contributed by atoms with E-state index in [1.807, 2.05) is 19.1 Å². The molecule has 1 heterocycles. The molecule has 2 rings (SSSR count). The molecule has 0 saturated heterocycles. The Balaban J connectivity index is 2.30. The fourth-order valence-corrected chi connectivity index (χ4v) is 1.17. The van der Waals surface area contributed by atoms with Crippen LogP contribution in [0.4, 0.5) is 5.69 Å². The van der Waals surface area contributed by atoms with Crippen LogP contribution in [0.2, 0.25) is 0 Å². The molecule has 2 aromatic rings. The van der Waals surface area contributed by atoms with Gasteiger partial charge in [0.15, 0.2) is 5.75 Å². The first-order valence-electron chi connectivity index (χ1n) is 4.57. The van der Waals surface area contributed by atoms with Gasteiger partial charge in [-0.25, -0.2) is 4.98 Å². The van der Waals surface area contributed by atoms with Gasteiger partial charge in [-0.05, 0) is 19.1 Å². The number of hydrogen-bond donors (Lipinski definition) is 1. The fraction of sp³-hybridized carbons (Fsp3) is 0.0909. The van der Waals surface area contributed by atoms with Crippen LogP contribution in [0.3, 0.4) is 0 Å². The van der Waals surface area contributed by atoms with Gasteiger partial charge in [-0.15, -0.1) is 0 Å². The third-order valence-corrected chi connectivity index (χ3v) is 1.96. The second-order valence-electron chi connectivity index (χ2n) is 3.09. The van der Waals surface area contributed by atoms with E-state index in [0.717, 1.165) is 5.69 Å². The number of hydrogen-bond acceptors (Lipinski definition) is 4. The van der Waals surface area contributed by atoms with Gasteiger partial charge >= 0.3 is 0 Å². The Morgan fingerprint density at radius 1 is 1.13 bits per heavy atom. The van der Waals surface area contributed by atoms with Crippen LogP contribution in [-0.4, -0.2) is 9.97 Å². The highest BCUT2D eigenvalue weighted by Crippen LogP contribution is 2.26. The van der Waals surface area contributed by atoms with Gasteiger partial charge in [0.25, 0.3) is 0 Å². The van der Waals surface area contributed by atoms with Crippen molar-refractivity contribution in [1.82, 2.24) is 9.97 Å². The van der Waals surface area contributed by atoms with Gasteiger partial charge in [0.2, 0.25) is 5.88 Å². The summed E-state index contributed by atoms with van der Waals surface area (Å²) in [5, 5.41) is 0. The van der Waals surface area contributed by atoms with Gasteiger partial charge in [0, 0.05) is 12.4 Å². The van der Waals surface area contributed by atoms with Crippen LogP contribution >= 0.6 is 0 Å². The number of nitrogens with two attached hydrogens (primary N) is 1. The summed E-state index contributed by atoms with van der Waals surface area (Å²) in [6.45, 7) is 1.83. The third kappa shape index (κ3) is 2.04. The zero-order valence-corrected chi connectivity index (χ0v) is 8.34. The highest BCUT2D eigenvalue weighted by atomic mass is 16.5. The quantitative estimate of drug-likeness (QED) is 0.756. The number of aromatic nitrogens is 2. The Hall–Kier alpha value is -2.10. The number of nitrogen functional groups attached to an aromatic ring is 1. The lowest BCUT2D eigenvalue weighted by Crippen LogP contribution is -1.96. The molecule has 0 aliphatic rings. The van der Waals surface area contributed by atoms with E-state index in [9.17, 15) is 0 Å². The van der Waals surface area contributed by atoms with Crippen LogP contribution in [0.5, 0.6) is 11.6 Å². The minimum Gasteiger partial charge on any atom is -0.435 e. The summed E-state index contributed by atoms with van der Waals surface area (Å²) in [4.78, 5) is 8.15. The molecule has 0 atom stereocenters. The number of ether oxygens (including phenoxy) is 1. The molecule has 15 heavy (non-hydrogen) atoms. The Bertz CT molecular complexity index is 427. The Morgan fingerprint density at radius 2 is 1.87 bits per heavy atom. The van der Waals surface area contributed by atoms with E-state index in [-0.39, 0.29) is 0 Å². The molecule has 0 bridgehead atoms. The molecule has 0 spiro atoms. The molecule has 1 aromatic heterocycles. The maximum Gasteiger partial charge on any atom is 0.240 e. The van der Waals surface area contributed by atoms with E-state index in [1.54, 1.807) is 24.5 Å². The number of rotatable bonds is 2. The third-order valence-electron chi connectivity index (χ3n) is 1.96. The van der Waals surface area contributed by atoms with Crippen molar-refractivity contribution in [2.24, 2.45) is 0 Å². The molecule has 0 unspecified atom stereocenters. The van der Waals surface area contributed by atoms with Crippen LogP contribution in [0.15, 0.2) is 36.7 Å². The van der Waals surface area contributed by atoms with Crippen molar-refractivity contribution >= 4 is 5.69 Å². The number of nitrogens with zero attached hydrogens (tertiary/aromatic N) is 2. The summed E-state index contributed by atoms with van der Waals surface area (Å²) >= 11 is 0. The van der Waals surface area contributed by atoms with E-state index in [4.69, 9.17) is 10.5 Å². The molecule has 1 aromatic carbocycles. The molecular weight excluding hydrogens is 190 g/mol. The first kappa shape index (κ1) is 9.45. The molecule has 0 saturated carbocycles. The average Bonchev–Trinajstić information content (AvgIpc) is 2.24. The molecule has 76 valence electrons. The maximum absolute atomic E-state index is 5.75. The van der Waals surface area contributed by atoms with Gasteiger partial charge in [-0.1, -0.05) is 12.1 Å². The van der Waals surface area contributed by atoms with Gasteiger partial charge in [0.1, 0.15) is 0 Å². The van der Waals surface area contributed by atoms with Crippen molar-refractivity contribution in [3.63, 3.8) is 0 Å². The summed E-state index contributed by atoms with van der Waals surface area (Å²) in [6, 6.07) is 7.29. The lowest BCUT2D eigenvalue weighted by molar-refractivity contribution is 0.457. The summed E-state index contributed by atoms with van der Waals surface area (Å²) in [5.74, 6) is 1.08. The Labute approximate surface area is 87.7 Å². The number of aryl methyl sites for hydroxylation is 1. The topological polar surface area (TPSA) is 61.0 Å². The molecule has 0 aliphatic carbocycles. The highest BCUT2D eigenvalue weighted by Gasteiger charge is 2.04. The van der Waals surface area contributed by atoms with Crippen molar-refractivity contribution in [2.75, 3.05) is 5.73 Å². The smallest absolute Gasteiger partial charge is 0.240 e. The maximum atomic E-state index is 5.75. The predicted octanol–water partition coefficient (Wildman–Crippen LogP) is 2.16. The number of anilines is 1. The lowest BCUT2D eigenvalue weighted by atomic mass is 10.3. The average molecular weight is 201 g/mol. The minimum absolute atomic E-state index is 0.482. The van der Waals surface area contributed by atoms with Crippen LogP contribution in [0.1, 0.15) is 5.69 Å². The second-order valence-corrected chi connectivity index (χ2v) is 3.09. The summed E-state index contributed by atoms with van der Waals surface area (Å²) in [7, 11) is 0. The second kappa shape index (κ2) is 3.96. The van der Waals surface area contributed by atoms with Crippen LogP contribution in [-0.2, 0) is 0 Å². The van der Waals surface area contributed by atoms with Crippen LogP contribution < -0.4 is 10.5 Å². The predicted molar refractivity (Wildman–Crippen MR) is 57.7 cm³/mol. The van der Waals surface area contributed by atoms with E-state index in [0.29, 0.717) is 17.3 Å². The van der Waals surface area contributed by atoms with Gasteiger partial charge < -0.3 is 10.5 Å². The fourth-order valence-electron chi connectivity index (χ4n) is 1.17. The van der Waals surface area contributed by atoms with Crippen molar-refractivity contribution in [3.8, 4) is 11.6 Å². The standard InChI is InChI=1S/C11H11N3O/c1-8-11(14-7-6-13-8)15-10-5-3-2-4-9(10)12/h2-7H,12H2,1H3. The first-order chi connectivity index (χ1) is 7.27. The molecule has 0 amide bonds. The molecule has 0 radical (unpaired) electrons. The van der Waals surface area contributed by atoms with E-state index in [2.05, 4.69) is 9.97 Å². The van der Waals surface area contributed by atoms with Gasteiger partial charge in [0.05, 0.1) is 11.4 Å². The van der Waals surface area contributed by atoms with Gasteiger partial charge in [-0.2, -0.15) is 0 Å². The van der Waals surface area contributed by atoms with Crippen LogP contribution in [0.25, 0.3) is 0 Å². The molecule has 4 heteroatoms. The zero-order chi connectivity index (χ0) is 10.7. The molecule has 2 N–H and O–H groups in total. The highest BCUT2D eigenvalue weighted by molar-refractivity contribution is 5.53. The van der Waals surface area contributed by atoms with Crippen molar-refractivity contribution in [3.05, 3.63) is 42.4 Å².